The number of benzene rings is 1. The molecule has 0 fully saturated rings. The molecule has 1 amide bonds. The van der Waals surface area contributed by atoms with Crippen molar-refractivity contribution in [3.63, 3.8) is 0 Å². The molecule has 0 aliphatic rings. The summed E-state index contributed by atoms with van der Waals surface area (Å²) in [4.78, 5) is 24.0. The van der Waals surface area contributed by atoms with Crippen molar-refractivity contribution in [3.05, 3.63) is 67.0 Å². The highest BCUT2D eigenvalue weighted by Gasteiger charge is 2.32. The molecule has 10 heteroatoms. The molecular formula is C16H12Cl3F3N2O2. The van der Waals surface area contributed by atoms with Crippen molar-refractivity contribution in [1.29, 1.82) is 0 Å². The van der Waals surface area contributed by atoms with E-state index in [1.165, 1.54) is 0 Å². The molecule has 1 aromatic carbocycles. The Kier molecular flexibility index (Phi) is 6.26. The Bertz CT molecular complexity index is 897. The predicted molar refractivity (Wildman–Crippen MR) is 93.7 cm³/mol. The van der Waals surface area contributed by atoms with E-state index in [0.29, 0.717) is 32.4 Å². The van der Waals surface area contributed by atoms with Crippen molar-refractivity contribution in [1.82, 2.24) is 9.88 Å². The van der Waals surface area contributed by atoms with Gasteiger partial charge < -0.3 is 9.88 Å². The highest BCUT2D eigenvalue weighted by Crippen LogP contribution is 2.29. The first-order valence-electron chi connectivity index (χ1n) is 7.20. The molecule has 0 radical (unpaired) electrons. The van der Waals surface area contributed by atoms with E-state index in [4.69, 9.17) is 34.8 Å². The number of nitrogens with zero attached hydrogens (tertiary/aromatic N) is 1. The highest BCUT2D eigenvalue weighted by molar-refractivity contribution is 6.42. The third-order valence-electron chi connectivity index (χ3n) is 3.50. The molecule has 1 aromatic heterocycles. The van der Waals surface area contributed by atoms with Gasteiger partial charge in [0, 0.05) is 6.20 Å². The summed E-state index contributed by atoms with van der Waals surface area (Å²) in [7, 11) is 0. The minimum absolute atomic E-state index is 0.297. The number of alkyl halides is 3. The van der Waals surface area contributed by atoms with Crippen LogP contribution in [0.4, 0.5) is 13.2 Å². The van der Waals surface area contributed by atoms with Crippen molar-refractivity contribution in [2.75, 3.05) is 0 Å². The number of hydrogen-bond acceptors (Lipinski definition) is 2. The fourth-order valence-electron chi connectivity index (χ4n) is 2.18. The van der Waals surface area contributed by atoms with Crippen LogP contribution in [0.1, 0.15) is 24.1 Å². The van der Waals surface area contributed by atoms with Crippen LogP contribution >= 0.6 is 34.8 Å². The summed E-state index contributed by atoms with van der Waals surface area (Å²) >= 11 is 17.3. The number of carbonyl (C=O) groups is 1. The number of hydrogen-bond donors (Lipinski definition) is 1. The van der Waals surface area contributed by atoms with Crippen LogP contribution in [-0.4, -0.2) is 10.5 Å². The molecule has 0 aliphatic carbocycles. The Labute approximate surface area is 161 Å². The SMILES string of the molecule is C[C@@H](NC(=O)Cn1cc(C(F)(F)F)cc(Cl)c1=O)c1ccc(Cl)c(Cl)c1. The van der Waals surface area contributed by atoms with Gasteiger partial charge in [-0.05, 0) is 30.7 Å². The summed E-state index contributed by atoms with van der Waals surface area (Å²) in [5.41, 5.74) is -1.37. The second kappa shape index (κ2) is 7.90. The van der Waals surface area contributed by atoms with Gasteiger partial charge in [-0.3, -0.25) is 9.59 Å². The van der Waals surface area contributed by atoms with E-state index in [1.807, 2.05) is 0 Å². The molecule has 1 atom stereocenters. The van der Waals surface area contributed by atoms with Gasteiger partial charge in [-0.25, -0.2) is 0 Å². The Morgan fingerprint density at radius 1 is 1.15 bits per heavy atom. The van der Waals surface area contributed by atoms with Crippen LogP contribution in [0.2, 0.25) is 15.1 Å². The second-order valence-corrected chi connectivity index (χ2v) is 6.69. The van der Waals surface area contributed by atoms with Crippen molar-refractivity contribution in [3.8, 4) is 0 Å². The summed E-state index contributed by atoms with van der Waals surface area (Å²) in [6, 6.07) is 4.78. The Hall–Kier alpha value is -1.70. The zero-order valence-electron chi connectivity index (χ0n) is 13.2. The summed E-state index contributed by atoms with van der Waals surface area (Å²) < 4.78 is 39.1. The minimum Gasteiger partial charge on any atom is -0.348 e. The van der Waals surface area contributed by atoms with Gasteiger partial charge in [0.2, 0.25) is 5.91 Å². The summed E-state index contributed by atoms with van der Waals surface area (Å²) in [5.74, 6) is -0.666. The average Bonchev–Trinajstić information content (AvgIpc) is 2.53. The molecule has 1 heterocycles. The lowest BCUT2D eigenvalue weighted by molar-refractivity contribution is -0.138. The Morgan fingerprint density at radius 2 is 1.81 bits per heavy atom. The van der Waals surface area contributed by atoms with Crippen LogP contribution in [0, 0.1) is 0 Å². The maximum Gasteiger partial charge on any atom is 0.417 e. The number of amides is 1. The zero-order chi connectivity index (χ0) is 19.6. The molecule has 0 bridgehead atoms. The lowest BCUT2D eigenvalue weighted by atomic mass is 10.1. The third-order valence-corrected chi connectivity index (χ3v) is 4.51. The van der Waals surface area contributed by atoms with Crippen molar-refractivity contribution >= 4 is 40.7 Å². The first kappa shape index (κ1) is 20.6. The van der Waals surface area contributed by atoms with E-state index in [0.717, 1.165) is 0 Å². The average molecular weight is 428 g/mol. The smallest absolute Gasteiger partial charge is 0.348 e. The monoisotopic (exact) mass is 426 g/mol. The highest BCUT2D eigenvalue weighted by atomic mass is 35.5. The van der Waals surface area contributed by atoms with E-state index in [9.17, 15) is 22.8 Å². The fourth-order valence-corrected chi connectivity index (χ4v) is 2.71. The summed E-state index contributed by atoms with van der Waals surface area (Å²) in [6.45, 7) is 1.04. The van der Waals surface area contributed by atoms with E-state index in [1.54, 1.807) is 25.1 Å². The molecule has 0 aliphatic heterocycles. The van der Waals surface area contributed by atoms with Crippen molar-refractivity contribution < 1.29 is 18.0 Å². The standard InChI is InChI=1S/C16H12Cl3F3N2O2/c1-8(9-2-3-11(17)12(18)4-9)23-14(25)7-24-6-10(16(20,21)22)5-13(19)15(24)26/h2-6,8H,7H2,1H3,(H,23,25)/t8-/m1/s1. The molecule has 1 N–H and O–H groups in total. The molecule has 0 saturated heterocycles. The lowest BCUT2D eigenvalue weighted by Gasteiger charge is -2.16. The largest absolute Gasteiger partial charge is 0.417 e. The van der Waals surface area contributed by atoms with Gasteiger partial charge in [-0.1, -0.05) is 40.9 Å². The topological polar surface area (TPSA) is 51.1 Å². The van der Waals surface area contributed by atoms with Gasteiger partial charge in [0.05, 0.1) is 21.7 Å². The molecule has 2 aromatic rings. The Morgan fingerprint density at radius 3 is 2.38 bits per heavy atom. The van der Waals surface area contributed by atoms with Crippen LogP contribution in [0.5, 0.6) is 0 Å². The minimum atomic E-state index is -4.69. The quantitative estimate of drug-likeness (QED) is 0.769. The molecular weight excluding hydrogens is 416 g/mol. The number of nitrogens with one attached hydrogen (secondary N) is 1. The number of pyridine rings is 1. The van der Waals surface area contributed by atoms with Gasteiger partial charge >= 0.3 is 6.18 Å². The number of aromatic nitrogens is 1. The summed E-state index contributed by atoms with van der Waals surface area (Å²) in [5, 5.41) is 2.60. The first-order valence-corrected chi connectivity index (χ1v) is 8.34. The van der Waals surface area contributed by atoms with Crippen molar-refractivity contribution in [2.24, 2.45) is 0 Å². The van der Waals surface area contributed by atoms with Gasteiger partial charge in [0.25, 0.3) is 5.56 Å². The second-order valence-electron chi connectivity index (χ2n) is 5.47. The first-order chi connectivity index (χ1) is 12.0. The molecule has 26 heavy (non-hydrogen) atoms. The predicted octanol–water partition coefficient (Wildman–Crippen LogP) is 4.70. The number of rotatable bonds is 4. The van der Waals surface area contributed by atoms with Gasteiger partial charge in [0.15, 0.2) is 0 Å². The van der Waals surface area contributed by atoms with Crippen LogP contribution in [0.15, 0.2) is 35.3 Å². The lowest BCUT2D eigenvalue weighted by Crippen LogP contribution is -2.34. The van der Waals surface area contributed by atoms with Gasteiger partial charge in [-0.15, -0.1) is 0 Å². The zero-order valence-corrected chi connectivity index (χ0v) is 15.5. The van der Waals surface area contributed by atoms with E-state index >= 15 is 0 Å². The maximum absolute atomic E-state index is 12.8. The van der Waals surface area contributed by atoms with Crippen molar-refractivity contribution in [2.45, 2.75) is 25.7 Å². The molecule has 0 spiro atoms. The van der Waals surface area contributed by atoms with Gasteiger partial charge in [0.1, 0.15) is 11.6 Å². The molecule has 0 saturated carbocycles. The fraction of sp³-hybridized carbons (Fsp3) is 0.250. The van der Waals surface area contributed by atoms with Crippen LogP contribution in [0.3, 0.4) is 0 Å². The van der Waals surface area contributed by atoms with E-state index < -0.39 is 40.8 Å². The normalized spacial score (nSPS) is 12.7. The van der Waals surface area contributed by atoms with E-state index in [2.05, 4.69) is 5.32 Å². The number of carbonyl (C=O) groups excluding carboxylic acids is 1. The summed E-state index contributed by atoms with van der Waals surface area (Å²) in [6.07, 6.45) is -4.14. The molecule has 140 valence electrons. The molecule has 0 unspecified atom stereocenters. The van der Waals surface area contributed by atoms with E-state index in [-0.39, 0.29) is 0 Å². The molecule has 2 rings (SSSR count). The van der Waals surface area contributed by atoms with Crippen LogP contribution in [0.25, 0.3) is 0 Å². The third kappa shape index (κ3) is 4.93. The van der Waals surface area contributed by atoms with Crippen LogP contribution < -0.4 is 10.9 Å². The van der Waals surface area contributed by atoms with Gasteiger partial charge in [-0.2, -0.15) is 13.2 Å². The Balaban J connectivity index is 2.18. The molecule has 4 nitrogen and oxygen atoms in total. The van der Waals surface area contributed by atoms with Crippen LogP contribution in [-0.2, 0) is 17.5 Å². The number of halogens is 6. The maximum atomic E-state index is 12.8.